The van der Waals surface area contributed by atoms with Crippen molar-refractivity contribution in [2.75, 3.05) is 11.5 Å². The van der Waals surface area contributed by atoms with Gasteiger partial charge in [-0.15, -0.1) is 0 Å². The molecule has 0 aliphatic rings. The first-order valence-electron chi connectivity index (χ1n) is 4.89. The van der Waals surface area contributed by atoms with E-state index in [9.17, 15) is 0 Å². The van der Waals surface area contributed by atoms with Gasteiger partial charge in [0.25, 0.3) is 5.82 Å². The van der Waals surface area contributed by atoms with E-state index in [1.54, 1.807) is 0 Å². The van der Waals surface area contributed by atoms with E-state index in [0.717, 1.165) is 24.5 Å². The molecular weight excluding hydrogens is 194 g/mol. The fraction of sp³-hybridized carbons (Fsp3) is 0.600. The summed E-state index contributed by atoms with van der Waals surface area (Å²) in [5, 5.41) is 8.49. The highest BCUT2D eigenvalue weighted by molar-refractivity contribution is 7.99. The average Bonchev–Trinajstić information content (AvgIpc) is 2.63. The third kappa shape index (κ3) is 3.43. The fourth-order valence-electron chi connectivity index (χ4n) is 1.30. The first kappa shape index (κ1) is 11.1. The molecule has 4 heteroatoms. The topological polar surface area (TPSA) is 43.5 Å². The largest absolute Gasteiger partial charge is 0.255 e. The Hall–Kier alpha value is -0.950. The van der Waals surface area contributed by atoms with Crippen LogP contribution in [-0.2, 0) is 13.0 Å². The van der Waals surface area contributed by atoms with E-state index in [-0.39, 0.29) is 0 Å². The molecule has 0 fully saturated rings. The molecule has 14 heavy (non-hydrogen) atoms. The van der Waals surface area contributed by atoms with Gasteiger partial charge in [0.15, 0.2) is 0 Å². The van der Waals surface area contributed by atoms with Gasteiger partial charge in [-0.3, -0.25) is 0 Å². The molecule has 0 unspecified atom stereocenters. The van der Waals surface area contributed by atoms with Crippen LogP contribution in [0, 0.1) is 11.3 Å². The van der Waals surface area contributed by atoms with Crippen LogP contribution in [0.3, 0.4) is 0 Å². The number of hydrogen-bond donors (Lipinski definition) is 1. The van der Waals surface area contributed by atoms with Crippen molar-refractivity contribution in [3.63, 3.8) is 0 Å². The van der Waals surface area contributed by atoms with Crippen LogP contribution in [0.25, 0.3) is 0 Å². The van der Waals surface area contributed by atoms with Crippen molar-refractivity contribution in [3.05, 3.63) is 18.2 Å². The highest BCUT2D eigenvalue weighted by Gasteiger charge is 2.08. The van der Waals surface area contributed by atoms with Crippen LogP contribution < -0.4 is 4.57 Å². The Morgan fingerprint density at radius 2 is 2.50 bits per heavy atom. The predicted molar refractivity (Wildman–Crippen MR) is 57.9 cm³/mol. The molecule has 0 bridgehead atoms. The van der Waals surface area contributed by atoms with Crippen LogP contribution in [-0.4, -0.2) is 16.5 Å². The molecule has 1 aromatic rings. The van der Waals surface area contributed by atoms with E-state index in [4.69, 9.17) is 5.26 Å². The number of imidazole rings is 1. The maximum Gasteiger partial charge on any atom is 0.255 e. The molecule has 1 heterocycles. The van der Waals surface area contributed by atoms with Gasteiger partial charge in [-0.05, 0) is 5.75 Å². The maximum absolute atomic E-state index is 8.49. The van der Waals surface area contributed by atoms with Crippen LogP contribution in [0.1, 0.15) is 19.2 Å². The van der Waals surface area contributed by atoms with Gasteiger partial charge in [0.2, 0.25) is 0 Å². The van der Waals surface area contributed by atoms with Crippen LogP contribution in [0.4, 0.5) is 0 Å². The number of rotatable bonds is 6. The number of aromatic amines is 1. The lowest BCUT2D eigenvalue weighted by Crippen LogP contribution is -2.37. The molecule has 0 spiro atoms. The number of aromatic nitrogens is 2. The molecule has 1 rings (SSSR count). The van der Waals surface area contributed by atoms with Gasteiger partial charge in [0.1, 0.15) is 12.4 Å². The predicted octanol–water partition coefficient (Wildman–Crippen LogP) is 1.51. The van der Waals surface area contributed by atoms with Crippen LogP contribution >= 0.6 is 11.8 Å². The minimum atomic E-state index is 0.585. The Labute approximate surface area is 89.1 Å². The van der Waals surface area contributed by atoms with E-state index in [1.807, 2.05) is 24.2 Å². The number of H-pyrrole nitrogens is 1. The Morgan fingerprint density at radius 1 is 1.64 bits per heavy atom. The van der Waals surface area contributed by atoms with E-state index in [0.29, 0.717) is 6.42 Å². The summed E-state index contributed by atoms with van der Waals surface area (Å²) in [6, 6.07) is 2.16. The van der Waals surface area contributed by atoms with Crippen molar-refractivity contribution >= 4 is 11.8 Å². The SMILES string of the molecule is CCSCC[n+]1cc[nH]c1CCC#N. The monoisotopic (exact) mass is 210 g/mol. The summed E-state index contributed by atoms with van der Waals surface area (Å²) in [4.78, 5) is 3.17. The van der Waals surface area contributed by atoms with Gasteiger partial charge in [-0.1, -0.05) is 6.92 Å². The molecule has 0 aliphatic carbocycles. The van der Waals surface area contributed by atoms with E-state index in [2.05, 4.69) is 22.5 Å². The van der Waals surface area contributed by atoms with Gasteiger partial charge in [-0.25, -0.2) is 9.55 Å². The molecule has 0 aromatic carbocycles. The van der Waals surface area contributed by atoms with E-state index < -0.39 is 0 Å². The number of nitrogens with one attached hydrogen (secondary N) is 1. The Morgan fingerprint density at radius 3 is 3.21 bits per heavy atom. The lowest BCUT2D eigenvalue weighted by atomic mass is 10.3. The summed E-state index contributed by atoms with van der Waals surface area (Å²) in [6.07, 6.45) is 5.38. The number of nitriles is 1. The standard InChI is InChI=1S/C10H15N3S/c1-2-14-9-8-13-7-6-12-10(13)4-3-5-11/h6-7H,2-4,8-9H2,1H3/p+1. The van der Waals surface area contributed by atoms with Gasteiger partial charge in [0, 0.05) is 12.2 Å². The van der Waals surface area contributed by atoms with E-state index >= 15 is 0 Å². The quantitative estimate of drug-likeness (QED) is 0.571. The van der Waals surface area contributed by atoms with Crippen molar-refractivity contribution < 1.29 is 4.57 Å². The third-order valence-electron chi connectivity index (χ3n) is 2.01. The van der Waals surface area contributed by atoms with Gasteiger partial charge < -0.3 is 0 Å². The second kappa shape index (κ2) is 6.50. The third-order valence-corrected chi connectivity index (χ3v) is 2.88. The van der Waals surface area contributed by atoms with Crippen LogP contribution in [0.2, 0.25) is 0 Å². The second-order valence-electron chi connectivity index (χ2n) is 2.96. The molecule has 76 valence electrons. The average molecular weight is 210 g/mol. The zero-order chi connectivity index (χ0) is 10.2. The Balaban J connectivity index is 2.42. The first-order chi connectivity index (χ1) is 6.88. The molecular formula is C10H16N3S+. The summed E-state index contributed by atoms with van der Waals surface area (Å²) in [5.41, 5.74) is 0. The second-order valence-corrected chi connectivity index (χ2v) is 4.35. The highest BCUT2D eigenvalue weighted by atomic mass is 32.2. The smallest absolute Gasteiger partial charge is 0.248 e. The first-order valence-corrected chi connectivity index (χ1v) is 6.04. The van der Waals surface area contributed by atoms with Crippen molar-refractivity contribution in [2.24, 2.45) is 0 Å². The molecule has 1 N–H and O–H groups in total. The highest BCUT2D eigenvalue weighted by Crippen LogP contribution is 1.98. The van der Waals surface area contributed by atoms with Crippen LogP contribution in [0.15, 0.2) is 12.4 Å². The summed E-state index contributed by atoms with van der Waals surface area (Å²) in [5.74, 6) is 3.46. The lowest BCUT2D eigenvalue weighted by Gasteiger charge is -1.98. The fourth-order valence-corrected chi connectivity index (χ4v) is 1.92. The number of nitrogens with zero attached hydrogens (tertiary/aromatic N) is 2. The molecule has 0 atom stereocenters. The molecule has 0 radical (unpaired) electrons. The maximum atomic E-state index is 8.49. The molecule has 0 amide bonds. The van der Waals surface area contributed by atoms with Gasteiger partial charge >= 0.3 is 0 Å². The summed E-state index contributed by atoms with van der Waals surface area (Å²) < 4.78 is 2.19. The van der Waals surface area contributed by atoms with Crippen molar-refractivity contribution in [2.45, 2.75) is 26.3 Å². The van der Waals surface area contributed by atoms with Crippen molar-refractivity contribution in [3.8, 4) is 6.07 Å². The number of aryl methyl sites for hydroxylation is 2. The van der Waals surface area contributed by atoms with Crippen molar-refractivity contribution in [1.82, 2.24) is 4.98 Å². The molecule has 0 saturated carbocycles. The van der Waals surface area contributed by atoms with Gasteiger partial charge in [0.05, 0.1) is 19.0 Å². The van der Waals surface area contributed by atoms with Gasteiger partial charge in [-0.2, -0.15) is 17.0 Å². The lowest BCUT2D eigenvalue weighted by molar-refractivity contribution is -0.698. The van der Waals surface area contributed by atoms with Crippen molar-refractivity contribution in [1.29, 1.82) is 5.26 Å². The zero-order valence-electron chi connectivity index (χ0n) is 8.49. The number of thioether (sulfide) groups is 1. The molecule has 0 aliphatic heterocycles. The summed E-state index contributed by atoms with van der Waals surface area (Å²) in [7, 11) is 0. The van der Waals surface area contributed by atoms with E-state index in [1.165, 1.54) is 5.75 Å². The Bertz CT molecular complexity index is 301. The zero-order valence-corrected chi connectivity index (χ0v) is 9.31. The summed E-state index contributed by atoms with van der Waals surface area (Å²) >= 11 is 1.94. The summed E-state index contributed by atoms with van der Waals surface area (Å²) in [6.45, 7) is 3.20. The minimum absolute atomic E-state index is 0.585. The molecule has 0 saturated heterocycles. The Kier molecular flexibility index (Phi) is 5.16. The number of hydrogen-bond acceptors (Lipinski definition) is 2. The van der Waals surface area contributed by atoms with Crippen LogP contribution in [0.5, 0.6) is 0 Å². The molecule has 1 aromatic heterocycles. The molecule has 3 nitrogen and oxygen atoms in total. The normalized spacial score (nSPS) is 10.0. The minimum Gasteiger partial charge on any atom is -0.248 e.